The summed E-state index contributed by atoms with van der Waals surface area (Å²) in [5.74, 6) is 0.247. The average Bonchev–Trinajstić information content (AvgIpc) is 2.01. The van der Waals surface area contributed by atoms with E-state index < -0.39 is 0 Å². The van der Waals surface area contributed by atoms with Gasteiger partial charge in [-0.1, -0.05) is 6.92 Å². The second kappa shape index (κ2) is 6.63. The first-order valence-electron chi connectivity index (χ1n) is 4.71. The summed E-state index contributed by atoms with van der Waals surface area (Å²) < 4.78 is 4.80. The maximum absolute atomic E-state index is 11.0. The van der Waals surface area contributed by atoms with Crippen molar-refractivity contribution in [3.8, 4) is 0 Å². The topological polar surface area (TPSA) is 43.4 Å². The first-order chi connectivity index (χ1) is 6.06. The minimum atomic E-state index is -0.168. The van der Waals surface area contributed by atoms with E-state index in [4.69, 9.17) is 4.74 Å². The minimum absolute atomic E-state index is 0.168. The van der Waals surface area contributed by atoms with Gasteiger partial charge in [0.1, 0.15) is 5.78 Å². The Labute approximate surface area is 79.5 Å². The van der Waals surface area contributed by atoms with Crippen LogP contribution in [0, 0.1) is 5.92 Å². The molecule has 3 nitrogen and oxygen atoms in total. The Hall–Kier alpha value is -0.860. The van der Waals surface area contributed by atoms with Gasteiger partial charge in [-0.05, 0) is 26.2 Å². The van der Waals surface area contributed by atoms with Crippen molar-refractivity contribution in [2.24, 2.45) is 5.92 Å². The van der Waals surface area contributed by atoms with Gasteiger partial charge < -0.3 is 9.53 Å². The zero-order valence-electron chi connectivity index (χ0n) is 8.63. The lowest BCUT2D eigenvalue weighted by molar-refractivity contribution is -0.144. The van der Waals surface area contributed by atoms with Crippen LogP contribution >= 0.6 is 0 Å². The maximum Gasteiger partial charge on any atom is 0.306 e. The molecular weight excluding hydrogens is 168 g/mol. The molecule has 13 heavy (non-hydrogen) atoms. The molecule has 3 heteroatoms. The average molecular weight is 186 g/mol. The summed E-state index contributed by atoms with van der Waals surface area (Å²) in [6.45, 7) is 5.74. The van der Waals surface area contributed by atoms with Gasteiger partial charge in [-0.25, -0.2) is 0 Å². The van der Waals surface area contributed by atoms with Gasteiger partial charge in [0, 0.05) is 12.8 Å². The van der Waals surface area contributed by atoms with E-state index in [2.05, 4.69) is 0 Å². The second-order valence-corrected chi connectivity index (χ2v) is 3.36. The van der Waals surface area contributed by atoms with Crippen molar-refractivity contribution in [1.29, 1.82) is 0 Å². The second-order valence-electron chi connectivity index (χ2n) is 3.36. The Morgan fingerprint density at radius 2 is 2.00 bits per heavy atom. The SMILES string of the molecule is CCOC(=O)CC(C)CCC(C)=O. The highest BCUT2D eigenvalue weighted by Crippen LogP contribution is 2.11. The van der Waals surface area contributed by atoms with E-state index >= 15 is 0 Å². The largest absolute Gasteiger partial charge is 0.466 e. The summed E-state index contributed by atoms with van der Waals surface area (Å²) in [5.41, 5.74) is 0. The van der Waals surface area contributed by atoms with E-state index in [0.29, 0.717) is 19.4 Å². The van der Waals surface area contributed by atoms with Gasteiger partial charge in [-0.3, -0.25) is 4.79 Å². The lowest BCUT2D eigenvalue weighted by Crippen LogP contribution is -2.10. The first kappa shape index (κ1) is 12.1. The highest BCUT2D eigenvalue weighted by Gasteiger charge is 2.10. The summed E-state index contributed by atoms with van der Waals surface area (Å²) in [7, 11) is 0. The normalized spacial score (nSPS) is 12.2. The summed E-state index contributed by atoms with van der Waals surface area (Å²) in [4.78, 5) is 21.6. The van der Waals surface area contributed by atoms with Crippen molar-refractivity contribution >= 4 is 11.8 Å². The molecule has 0 fully saturated rings. The van der Waals surface area contributed by atoms with Crippen LogP contribution in [0.5, 0.6) is 0 Å². The van der Waals surface area contributed by atoms with Crippen molar-refractivity contribution in [2.45, 2.75) is 40.0 Å². The van der Waals surface area contributed by atoms with Gasteiger partial charge in [0.25, 0.3) is 0 Å². The Bertz CT molecular complexity index is 175. The standard InChI is InChI=1S/C10H18O3/c1-4-13-10(12)7-8(2)5-6-9(3)11/h8H,4-7H2,1-3H3. The van der Waals surface area contributed by atoms with Gasteiger partial charge in [0.15, 0.2) is 0 Å². The fourth-order valence-electron chi connectivity index (χ4n) is 1.06. The molecule has 1 unspecified atom stereocenters. The Kier molecular flexibility index (Phi) is 6.20. The molecule has 0 aromatic carbocycles. The van der Waals surface area contributed by atoms with E-state index in [1.165, 1.54) is 0 Å². The molecule has 0 N–H and O–H groups in total. The van der Waals surface area contributed by atoms with E-state index in [0.717, 1.165) is 6.42 Å². The molecule has 0 bridgehead atoms. The monoisotopic (exact) mass is 186 g/mol. The zero-order chi connectivity index (χ0) is 10.3. The molecule has 1 atom stereocenters. The van der Waals surface area contributed by atoms with E-state index in [1.54, 1.807) is 13.8 Å². The van der Waals surface area contributed by atoms with E-state index in [1.807, 2.05) is 6.92 Å². The van der Waals surface area contributed by atoms with Gasteiger partial charge >= 0.3 is 5.97 Å². The van der Waals surface area contributed by atoms with Gasteiger partial charge in [0.05, 0.1) is 6.61 Å². The Morgan fingerprint density at radius 3 is 2.46 bits per heavy atom. The van der Waals surface area contributed by atoms with Gasteiger partial charge in [0.2, 0.25) is 0 Å². The van der Waals surface area contributed by atoms with Crippen molar-refractivity contribution in [1.82, 2.24) is 0 Å². The summed E-state index contributed by atoms with van der Waals surface area (Å²) in [6, 6.07) is 0. The first-order valence-corrected chi connectivity index (χ1v) is 4.71. The number of carbonyl (C=O) groups is 2. The lowest BCUT2D eigenvalue weighted by Gasteiger charge is -2.08. The molecule has 0 radical (unpaired) electrons. The third-order valence-corrected chi connectivity index (χ3v) is 1.81. The molecule has 0 aliphatic rings. The number of Topliss-reactive ketones (excluding diaryl/α,β-unsaturated/α-hetero) is 1. The van der Waals surface area contributed by atoms with Crippen molar-refractivity contribution < 1.29 is 14.3 Å². The fraction of sp³-hybridized carbons (Fsp3) is 0.800. The molecule has 0 rings (SSSR count). The molecule has 0 aromatic rings. The number of ketones is 1. The van der Waals surface area contributed by atoms with Crippen LogP contribution in [0.1, 0.15) is 40.0 Å². The van der Waals surface area contributed by atoms with Crippen LogP contribution in [0.15, 0.2) is 0 Å². The van der Waals surface area contributed by atoms with E-state index in [9.17, 15) is 9.59 Å². The maximum atomic E-state index is 11.0. The fourth-order valence-corrected chi connectivity index (χ4v) is 1.06. The van der Waals surface area contributed by atoms with Crippen molar-refractivity contribution in [3.63, 3.8) is 0 Å². The van der Waals surface area contributed by atoms with Crippen LogP contribution in [0.3, 0.4) is 0 Å². The molecule has 0 amide bonds. The predicted octanol–water partition coefficient (Wildman–Crippen LogP) is 1.94. The molecule has 76 valence electrons. The molecule has 0 aliphatic heterocycles. The number of esters is 1. The summed E-state index contributed by atoms with van der Waals surface area (Å²) >= 11 is 0. The zero-order valence-corrected chi connectivity index (χ0v) is 8.63. The Balaban J connectivity index is 3.55. The Morgan fingerprint density at radius 1 is 1.38 bits per heavy atom. The van der Waals surface area contributed by atoms with Crippen molar-refractivity contribution in [3.05, 3.63) is 0 Å². The number of ether oxygens (including phenoxy) is 1. The molecule has 0 aliphatic carbocycles. The number of rotatable bonds is 6. The quantitative estimate of drug-likeness (QED) is 0.595. The number of carbonyl (C=O) groups excluding carboxylic acids is 2. The summed E-state index contributed by atoms with van der Waals surface area (Å²) in [6.07, 6.45) is 1.75. The molecule has 0 saturated heterocycles. The lowest BCUT2D eigenvalue weighted by atomic mass is 10.0. The van der Waals surface area contributed by atoms with Gasteiger partial charge in [-0.2, -0.15) is 0 Å². The highest BCUT2D eigenvalue weighted by molar-refractivity contribution is 5.75. The third kappa shape index (κ3) is 7.50. The molecule has 0 saturated carbocycles. The van der Waals surface area contributed by atoms with Crippen LogP contribution in [0.4, 0.5) is 0 Å². The number of hydrogen-bond donors (Lipinski definition) is 0. The van der Waals surface area contributed by atoms with Gasteiger partial charge in [-0.15, -0.1) is 0 Å². The van der Waals surface area contributed by atoms with Crippen molar-refractivity contribution in [2.75, 3.05) is 6.61 Å². The summed E-state index contributed by atoms with van der Waals surface area (Å²) in [5, 5.41) is 0. The highest BCUT2D eigenvalue weighted by atomic mass is 16.5. The van der Waals surface area contributed by atoms with E-state index in [-0.39, 0.29) is 17.7 Å². The van der Waals surface area contributed by atoms with Crippen LogP contribution in [-0.2, 0) is 14.3 Å². The third-order valence-electron chi connectivity index (χ3n) is 1.81. The van der Waals surface area contributed by atoms with Crippen LogP contribution in [0.25, 0.3) is 0 Å². The molecular formula is C10H18O3. The molecule has 0 aromatic heterocycles. The molecule has 0 heterocycles. The minimum Gasteiger partial charge on any atom is -0.466 e. The van der Waals surface area contributed by atoms with Crippen LogP contribution in [0.2, 0.25) is 0 Å². The number of hydrogen-bond acceptors (Lipinski definition) is 3. The molecule has 0 spiro atoms. The predicted molar refractivity (Wildman–Crippen MR) is 50.3 cm³/mol. The van der Waals surface area contributed by atoms with Crippen LogP contribution < -0.4 is 0 Å². The smallest absolute Gasteiger partial charge is 0.306 e. The van der Waals surface area contributed by atoms with Crippen LogP contribution in [-0.4, -0.2) is 18.4 Å².